The fourth-order valence-corrected chi connectivity index (χ4v) is 2.69. The van der Waals surface area contributed by atoms with Gasteiger partial charge in [-0.25, -0.2) is 0 Å². The van der Waals surface area contributed by atoms with E-state index in [1.165, 1.54) is 6.21 Å². The number of benzene rings is 2. The maximum absolute atomic E-state index is 12.0. The van der Waals surface area contributed by atoms with E-state index in [1.807, 2.05) is 37.3 Å². The van der Waals surface area contributed by atoms with Crippen molar-refractivity contribution in [3.8, 4) is 11.5 Å². The van der Waals surface area contributed by atoms with Crippen LogP contribution in [-0.2, 0) is 11.3 Å². The summed E-state index contributed by atoms with van der Waals surface area (Å²) in [5, 5.41) is 14.5. The number of oxime groups is 1. The first-order valence-electron chi connectivity index (χ1n) is 7.71. The van der Waals surface area contributed by atoms with Crippen LogP contribution in [0.4, 0.5) is 0 Å². The van der Waals surface area contributed by atoms with Gasteiger partial charge in [-0.2, -0.15) is 0 Å². The van der Waals surface area contributed by atoms with E-state index in [9.17, 15) is 4.79 Å². The van der Waals surface area contributed by atoms with Gasteiger partial charge in [0.05, 0.1) is 17.3 Å². The van der Waals surface area contributed by atoms with Crippen molar-refractivity contribution in [3.63, 3.8) is 0 Å². The van der Waals surface area contributed by atoms with Crippen molar-refractivity contribution < 1.29 is 19.5 Å². The molecule has 0 fully saturated rings. The Kier molecular flexibility index (Phi) is 7.28. The lowest BCUT2D eigenvalue weighted by Crippen LogP contribution is -2.28. The van der Waals surface area contributed by atoms with Crippen LogP contribution in [0.2, 0.25) is 0 Å². The van der Waals surface area contributed by atoms with Crippen LogP contribution in [0, 0.1) is 0 Å². The maximum atomic E-state index is 12.0. The van der Waals surface area contributed by atoms with Crippen molar-refractivity contribution >= 4 is 28.1 Å². The number of hydrogen-bond acceptors (Lipinski definition) is 5. The van der Waals surface area contributed by atoms with E-state index in [0.717, 1.165) is 5.56 Å². The zero-order valence-corrected chi connectivity index (χ0v) is 15.3. The Hall–Kier alpha value is -2.54. The first kappa shape index (κ1) is 18.8. The van der Waals surface area contributed by atoms with E-state index < -0.39 is 0 Å². The van der Waals surface area contributed by atoms with Gasteiger partial charge in [0.15, 0.2) is 18.1 Å². The minimum atomic E-state index is -0.237. The summed E-state index contributed by atoms with van der Waals surface area (Å²) in [5.74, 6) is 0.647. The van der Waals surface area contributed by atoms with Gasteiger partial charge in [0, 0.05) is 12.1 Å². The lowest BCUT2D eigenvalue weighted by molar-refractivity contribution is -0.123. The summed E-state index contributed by atoms with van der Waals surface area (Å²) in [5.41, 5.74) is 1.65. The van der Waals surface area contributed by atoms with Gasteiger partial charge in [-0.05, 0) is 40.5 Å². The Balaban J connectivity index is 2.00. The van der Waals surface area contributed by atoms with Crippen LogP contribution in [0.15, 0.2) is 52.1 Å². The van der Waals surface area contributed by atoms with Crippen molar-refractivity contribution in [2.75, 3.05) is 13.2 Å². The Morgan fingerprint density at radius 3 is 2.72 bits per heavy atom. The molecule has 6 nitrogen and oxygen atoms in total. The zero-order chi connectivity index (χ0) is 18.1. The largest absolute Gasteiger partial charge is 0.490 e. The van der Waals surface area contributed by atoms with Crippen molar-refractivity contribution in [3.05, 3.63) is 58.1 Å². The average molecular weight is 407 g/mol. The predicted octanol–water partition coefficient (Wildman–Crippen LogP) is 3.35. The number of halogens is 1. The average Bonchev–Trinajstić information content (AvgIpc) is 2.61. The van der Waals surface area contributed by atoms with Gasteiger partial charge < -0.3 is 20.0 Å². The third kappa shape index (κ3) is 5.79. The molecular formula is C18H19BrN2O4. The Morgan fingerprint density at radius 1 is 1.28 bits per heavy atom. The molecule has 2 N–H and O–H groups in total. The summed E-state index contributed by atoms with van der Waals surface area (Å²) >= 11 is 3.38. The van der Waals surface area contributed by atoms with Gasteiger partial charge in [-0.3, -0.25) is 4.79 Å². The second-order valence-electron chi connectivity index (χ2n) is 5.06. The van der Waals surface area contributed by atoms with Crippen LogP contribution >= 0.6 is 15.9 Å². The van der Waals surface area contributed by atoms with Crippen LogP contribution in [0.5, 0.6) is 11.5 Å². The highest BCUT2D eigenvalue weighted by Crippen LogP contribution is 2.36. The molecule has 0 atom stereocenters. The van der Waals surface area contributed by atoms with Crippen LogP contribution in [0.1, 0.15) is 18.1 Å². The second-order valence-corrected chi connectivity index (χ2v) is 5.91. The molecule has 0 radical (unpaired) electrons. The van der Waals surface area contributed by atoms with Crippen LogP contribution < -0.4 is 14.8 Å². The van der Waals surface area contributed by atoms with Gasteiger partial charge in [0.2, 0.25) is 0 Å². The molecule has 0 unspecified atom stereocenters. The molecule has 132 valence electrons. The molecule has 0 spiro atoms. The quantitative estimate of drug-likeness (QED) is 0.400. The summed E-state index contributed by atoms with van der Waals surface area (Å²) in [7, 11) is 0. The lowest BCUT2D eigenvalue weighted by Gasteiger charge is -2.14. The summed E-state index contributed by atoms with van der Waals surface area (Å²) in [6, 6.07) is 13.0. The van der Waals surface area contributed by atoms with Crippen LogP contribution in [0.25, 0.3) is 0 Å². The molecule has 7 heteroatoms. The Bertz CT molecular complexity index is 735. The van der Waals surface area contributed by atoms with E-state index in [-0.39, 0.29) is 12.5 Å². The summed E-state index contributed by atoms with van der Waals surface area (Å²) in [6.07, 6.45) is 1.28. The fraction of sp³-hybridized carbons (Fsp3) is 0.222. The topological polar surface area (TPSA) is 80.2 Å². The number of nitrogens with zero attached hydrogens (tertiary/aromatic N) is 1. The standard InChI is InChI=1S/C18H19BrN2O4/c1-2-24-16-9-14(11-21-23)8-15(19)18(16)25-12-17(22)20-10-13-6-4-3-5-7-13/h3-9,11,23H,2,10,12H2,1H3,(H,20,22)/b21-11+. The van der Waals surface area contributed by atoms with Crippen molar-refractivity contribution in [2.45, 2.75) is 13.5 Å². The SMILES string of the molecule is CCOc1cc(/C=N/O)cc(Br)c1OCC(=O)NCc1ccccc1. The molecular weight excluding hydrogens is 388 g/mol. The van der Waals surface area contributed by atoms with E-state index >= 15 is 0 Å². The monoisotopic (exact) mass is 406 g/mol. The van der Waals surface area contributed by atoms with Gasteiger partial charge >= 0.3 is 0 Å². The number of carbonyl (C=O) groups is 1. The third-order valence-corrected chi connectivity index (χ3v) is 3.81. The molecule has 2 aromatic carbocycles. The maximum Gasteiger partial charge on any atom is 0.258 e. The van der Waals surface area contributed by atoms with Crippen molar-refractivity contribution in [1.82, 2.24) is 5.32 Å². The number of nitrogens with one attached hydrogen (secondary N) is 1. The molecule has 0 saturated carbocycles. The molecule has 2 rings (SSSR count). The minimum Gasteiger partial charge on any atom is -0.490 e. The number of ether oxygens (including phenoxy) is 2. The highest BCUT2D eigenvalue weighted by atomic mass is 79.9. The van der Waals surface area contributed by atoms with Crippen molar-refractivity contribution in [2.24, 2.45) is 5.16 Å². The minimum absolute atomic E-state index is 0.140. The Morgan fingerprint density at radius 2 is 2.04 bits per heavy atom. The molecule has 0 aliphatic carbocycles. The number of rotatable bonds is 8. The summed E-state index contributed by atoms with van der Waals surface area (Å²) in [4.78, 5) is 12.0. The summed E-state index contributed by atoms with van der Waals surface area (Å²) in [6.45, 7) is 2.58. The Labute approximate surface area is 154 Å². The molecule has 0 saturated heterocycles. The second kappa shape index (κ2) is 9.68. The number of hydrogen-bond donors (Lipinski definition) is 2. The van der Waals surface area contributed by atoms with E-state index in [4.69, 9.17) is 14.7 Å². The molecule has 2 aromatic rings. The number of amides is 1. The zero-order valence-electron chi connectivity index (χ0n) is 13.7. The molecule has 1 amide bonds. The van der Waals surface area contributed by atoms with E-state index in [2.05, 4.69) is 26.4 Å². The molecule has 0 bridgehead atoms. The molecule has 25 heavy (non-hydrogen) atoms. The van der Waals surface area contributed by atoms with Crippen LogP contribution in [0.3, 0.4) is 0 Å². The third-order valence-electron chi connectivity index (χ3n) is 3.22. The van der Waals surface area contributed by atoms with Crippen molar-refractivity contribution in [1.29, 1.82) is 0 Å². The molecule has 0 aliphatic rings. The summed E-state index contributed by atoms with van der Waals surface area (Å²) < 4.78 is 11.8. The van der Waals surface area contributed by atoms with E-state index in [1.54, 1.807) is 12.1 Å². The first-order valence-corrected chi connectivity index (χ1v) is 8.50. The lowest BCUT2D eigenvalue weighted by atomic mass is 10.2. The normalized spacial score (nSPS) is 10.6. The first-order chi connectivity index (χ1) is 12.1. The predicted molar refractivity (Wildman–Crippen MR) is 98.5 cm³/mol. The van der Waals surface area contributed by atoms with Gasteiger partial charge in [-0.15, -0.1) is 0 Å². The van der Waals surface area contributed by atoms with Gasteiger partial charge in [-0.1, -0.05) is 35.5 Å². The van der Waals surface area contributed by atoms with Crippen LogP contribution in [-0.4, -0.2) is 30.5 Å². The highest BCUT2D eigenvalue weighted by Gasteiger charge is 2.13. The van der Waals surface area contributed by atoms with E-state index in [0.29, 0.717) is 34.7 Å². The number of carbonyl (C=O) groups excluding carboxylic acids is 1. The highest BCUT2D eigenvalue weighted by molar-refractivity contribution is 9.10. The molecule has 0 aliphatic heterocycles. The fourth-order valence-electron chi connectivity index (χ4n) is 2.12. The van der Waals surface area contributed by atoms with Gasteiger partial charge in [0.25, 0.3) is 5.91 Å². The van der Waals surface area contributed by atoms with Gasteiger partial charge in [0.1, 0.15) is 0 Å². The molecule has 0 heterocycles. The smallest absolute Gasteiger partial charge is 0.258 e. The molecule has 0 aromatic heterocycles.